The molecule has 0 saturated heterocycles. The molecule has 0 bridgehead atoms. The van der Waals surface area contributed by atoms with E-state index in [9.17, 15) is 0 Å². The summed E-state index contributed by atoms with van der Waals surface area (Å²) in [7, 11) is 0. The standard InChI is InChI=1S/C7H15O.2C4H9.Al/c1-3-5-7-8-6-4-2;2*1-4(2)3;/h2-7H2,1H3;2*4H,1H2,2-3H3;. The van der Waals surface area contributed by atoms with E-state index in [1.807, 2.05) is 0 Å². The zero-order valence-electron chi connectivity index (χ0n) is 12.8. The molecular formula is C15H33AlO. The Morgan fingerprint density at radius 3 is 1.88 bits per heavy atom. The number of ether oxygens (including phenoxy) is 1. The van der Waals surface area contributed by atoms with Crippen molar-refractivity contribution < 1.29 is 4.74 Å². The summed E-state index contributed by atoms with van der Waals surface area (Å²) in [4.78, 5) is 0. The second-order valence-electron chi connectivity index (χ2n) is 6.23. The highest BCUT2D eigenvalue weighted by Crippen LogP contribution is 2.19. The summed E-state index contributed by atoms with van der Waals surface area (Å²) < 4.78 is 5.66. The zero-order chi connectivity index (χ0) is 13.1. The molecule has 0 radical (unpaired) electrons. The van der Waals surface area contributed by atoms with E-state index < -0.39 is 14.1 Å². The summed E-state index contributed by atoms with van der Waals surface area (Å²) in [5.41, 5.74) is 0. The van der Waals surface area contributed by atoms with Gasteiger partial charge in [0.15, 0.2) is 0 Å². The average Bonchev–Trinajstić information content (AvgIpc) is 2.21. The lowest BCUT2D eigenvalue weighted by atomic mass is 10.3. The van der Waals surface area contributed by atoms with E-state index >= 15 is 0 Å². The van der Waals surface area contributed by atoms with Crippen LogP contribution in [0.15, 0.2) is 0 Å². The van der Waals surface area contributed by atoms with E-state index in [1.54, 1.807) is 0 Å². The van der Waals surface area contributed by atoms with Gasteiger partial charge < -0.3 is 4.74 Å². The van der Waals surface area contributed by atoms with Crippen molar-refractivity contribution >= 4 is 14.1 Å². The number of unbranched alkanes of at least 4 members (excludes halogenated alkanes) is 1. The van der Waals surface area contributed by atoms with Gasteiger partial charge in [0.2, 0.25) is 0 Å². The zero-order valence-corrected chi connectivity index (χ0v) is 14.0. The molecule has 0 aliphatic heterocycles. The third-order valence-corrected chi connectivity index (χ3v) is 7.60. The van der Waals surface area contributed by atoms with Gasteiger partial charge in [-0.1, -0.05) is 68.7 Å². The Kier molecular flexibility index (Phi) is 11.9. The van der Waals surface area contributed by atoms with E-state index in [0.29, 0.717) is 0 Å². The first-order valence-electron chi connectivity index (χ1n) is 7.64. The van der Waals surface area contributed by atoms with Crippen LogP contribution in [0.1, 0.15) is 53.9 Å². The minimum atomic E-state index is -0.488. The molecule has 102 valence electrons. The first-order valence-corrected chi connectivity index (χ1v) is 10.1. The van der Waals surface area contributed by atoms with Crippen LogP contribution in [0, 0.1) is 11.8 Å². The van der Waals surface area contributed by atoms with Gasteiger partial charge in [0.1, 0.15) is 0 Å². The Bertz CT molecular complexity index is 147. The van der Waals surface area contributed by atoms with Gasteiger partial charge in [-0.05, 0) is 12.8 Å². The Balaban J connectivity index is 3.60. The summed E-state index contributed by atoms with van der Waals surface area (Å²) >= 11 is -0.488. The van der Waals surface area contributed by atoms with Crippen molar-refractivity contribution in [2.45, 2.75) is 69.7 Å². The maximum atomic E-state index is 5.66. The van der Waals surface area contributed by atoms with E-state index in [1.165, 1.54) is 35.1 Å². The quantitative estimate of drug-likeness (QED) is 0.373. The summed E-state index contributed by atoms with van der Waals surface area (Å²) in [5.74, 6) is 1.79. The molecule has 0 N–H and O–H groups in total. The van der Waals surface area contributed by atoms with E-state index in [4.69, 9.17) is 4.74 Å². The van der Waals surface area contributed by atoms with Crippen molar-refractivity contribution in [3.05, 3.63) is 0 Å². The van der Waals surface area contributed by atoms with Crippen molar-refractivity contribution in [1.82, 2.24) is 0 Å². The smallest absolute Gasteiger partial charge is 0.262 e. The molecule has 0 aliphatic rings. The van der Waals surface area contributed by atoms with Crippen LogP contribution in [-0.4, -0.2) is 27.4 Å². The van der Waals surface area contributed by atoms with Crippen LogP contribution in [0.4, 0.5) is 0 Å². The third-order valence-electron chi connectivity index (χ3n) is 3.15. The lowest BCUT2D eigenvalue weighted by molar-refractivity contribution is 0.132. The van der Waals surface area contributed by atoms with E-state index in [-0.39, 0.29) is 0 Å². The molecule has 0 rings (SSSR count). The van der Waals surface area contributed by atoms with Crippen molar-refractivity contribution in [2.24, 2.45) is 11.8 Å². The molecule has 0 aromatic rings. The molecule has 0 aliphatic carbocycles. The Morgan fingerprint density at radius 2 is 1.41 bits per heavy atom. The Morgan fingerprint density at radius 1 is 0.882 bits per heavy atom. The number of hydrogen-bond acceptors (Lipinski definition) is 1. The first kappa shape index (κ1) is 17.5. The van der Waals surface area contributed by atoms with Gasteiger partial charge in [-0.3, -0.25) is 0 Å². The van der Waals surface area contributed by atoms with Gasteiger partial charge in [-0.2, -0.15) is 0 Å². The maximum Gasteiger partial charge on any atom is 0.262 e. The Labute approximate surface area is 114 Å². The molecule has 0 saturated carbocycles. The lowest BCUT2D eigenvalue weighted by Crippen LogP contribution is -2.18. The molecule has 17 heavy (non-hydrogen) atoms. The average molecular weight is 256 g/mol. The highest BCUT2D eigenvalue weighted by molar-refractivity contribution is 6.58. The topological polar surface area (TPSA) is 9.23 Å². The van der Waals surface area contributed by atoms with E-state index in [2.05, 4.69) is 34.6 Å². The van der Waals surface area contributed by atoms with Crippen molar-refractivity contribution in [2.75, 3.05) is 13.2 Å². The van der Waals surface area contributed by atoms with Gasteiger partial charge >= 0.3 is 0 Å². The number of hydrogen-bond donors (Lipinski definition) is 0. The minimum Gasteiger partial charge on any atom is -0.382 e. The summed E-state index contributed by atoms with van der Waals surface area (Å²) in [6, 6.07) is 0. The lowest BCUT2D eigenvalue weighted by Gasteiger charge is -2.16. The predicted octanol–water partition coefficient (Wildman–Crippen LogP) is 5.00. The molecule has 0 fully saturated rings. The SMILES string of the molecule is CCCCOCC[CH2][Al]([CH2]C(C)C)[CH2]C(C)C. The summed E-state index contributed by atoms with van der Waals surface area (Å²) in [6.45, 7) is 13.7. The highest BCUT2D eigenvalue weighted by atomic mass is 27.2. The van der Waals surface area contributed by atoms with Gasteiger partial charge in [0.25, 0.3) is 14.1 Å². The molecule has 0 spiro atoms. The van der Waals surface area contributed by atoms with E-state index in [0.717, 1.165) is 25.0 Å². The van der Waals surface area contributed by atoms with Gasteiger partial charge in [-0.25, -0.2) is 0 Å². The highest BCUT2D eigenvalue weighted by Gasteiger charge is 2.19. The molecule has 0 amide bonds. The predicted molar refractivity (Wildman–Crippen MR) is 80.2 cm³/mol. The van der Waals surface area contributed by atoms with Crippen LogP contribution in [0.5, 0.6) is 0 Å². The van der Waals surface area contributed by atoms with Crippen LogP contribution in [0.25, 0.3) is 0 Å². The monoisotopic (exact) mass is 256 g/mol. The second-order valence-corrected chi connectivity index (χ2v) is 9.49. The minimum absolute atomic E-state index is 0.488. The van der Waals surface area contributed by atoms with Crippen LogP contribution in [-0.2, 0) is 4.74 Å². The molecular weight excluding hydrogens is 223 g/mol. The van der Waals surface area contributed by atoms with Crippen LogP contribution in [0.2, 0.25) is 15.8 Å². The molecule has 0 unspecified atom stereocenters. The molecule has 2 heteroatoms. The fourth-order valence-electron chi connectivity index (χ4n) is 2.49. The Hall–Kier alpha value is 0.492. The second kappa shape index (κ2) is 11.6. The molecule has 0 aromatic heterocycles. The maximum absolute atomic E-state index is 5.66. The molecule has 0 aromatic carbocycles. The molecule has 1 nitrogen and oxygen atoms in total. The molecule has 0 heterocycles. The summed E-state index contributed by atoms with van der Waals surface area (Å²) in [5, 5.41) is 4.53. The van der Waals surface area contributed by atoms with Crippen LogP contribution in [0.3, 0.4) is 0 Å². The first-order chi connectivity index (χ1) is 8.06. The third kappa shape index (κ3) is 12.7. The normalized spacial score (nSPS) is 11.5. The fraction of sp³-hybridized carbons (Fsp3) is 1.00. The van der Waals surface area contributed by atoms with Crippen LogP contribution >= 0.6 is 0 Å². The van der Waals surface area contributed by atoms with Crippen molar-refractivity contribution in [3.63, 3.8) is 0 Å². The van der Waals surface area contributed by atoms with Gasteiger partial charge in [-0.15, -0.1) is 0 Å². The van der Waals surface area contributed by atoms with Crippen LogP contribution < -0.4 is 0 Å². The van der Waals surface area contributed by atoms with Gasteiger partial charge in [0.05, 0.1) is 0 Å². The molecule has 0 atom stereocenters. The van der Waals surface area contributed by atoms with Crippen molar-refractivity contribution in [1.29, 1.82) is 0 Å². The number of rotatable bonds is 11. The largest absolute Gasteiger partial charge is 0.382 e. The summed E-state index contributed by atoms with van der Waals surface area (Å²) in [6.07, 6.45) is 3.77. The van der Waals surface area contributed by atoms with Gasteiger partial charge in [0, 0.05) is 13.2 Å². The fourth-order valence-corrected chi connectivity index (χ4v) is 6.56. The van der Waals surface area contributed by atoms with Crippen molar-refractivity contribution in [3.8, 4) is 0 Å².